The van der Waals surface area contributed by atoms with Gasteiger partial charge in [0.15, 0.2) is 0 Å². The van der Waals surface area contributed by atoms with Crippen LogP contribution in [-0.2, 0) is 0 Å². The van der Waals surface area contributed by atoms with Crippen LogP contribution in [0.3, 0.4) is 0 Å². The number of carbonyl (C=O) groups excluding carboxylic acids is 1. The fourth-order valence-corrected chi connectivity index (χ4v) is 2.45. The molecule has 0 aliphatic heterocycles. The van der Waals surface area contributed by atoms with Crippen molar-refractivity contribution in [2.75, 3.05) is 18.5 Å². The number of nitrogens with one attached hydrogen (secondary N) is 1. The lowest BCUT2D eigenvalue weighted by Crippen LogP contribution is -2.37. The zero-order valence-electron chi connectivity index (χ0n) is 12.9. The Morgan fingerprint density at radius 1 is 1.22 bits per heavy atom. The molecule has 2 amide bonds. The summed E-state index contributed by atoms with van der Waals surface area (Å²) in [5.41, 5.74) is 1.59. The van der Waals surface area contributed by atoms with Gasteiger partial charge in [0, 0.05) is 24.9 Å². The molecule has 2 aromatic rings. The number of urea groups is 1. The Morgan fingerprint density at radius 2 is 1.91 bits per heavy atom. The molecule has 0 saturated heterocycles. The molecule has 1 saturated carbocycles. The lowest BCUT2D eigenvalue weighted by atomic mass is 10.3. The first-order valence-electron chi connectivity index (χ1n) is 7.93. The predicted octanol–water partition coefficient (Wildman–Crippen LogP) is 2.04. The first kappa shape index (κ1) is 15.5. The minimum Gasteiger partial charge on any atom is -0.396 e. The molecule has 1 heterocycles. The lowest BCUT2D eigenvalue weighted by Gasteiger charge is -2.22. The molecule has 2 N–H and O–H groups in total. The van der Waals surface area contributed by atoms with Gasteiger partial charge in [-0.25, -0.2) is 4.79 Å². The second-order valence-electron chi connectivity index (χ2n) is 5.65. The number of amides is 2. The summed E-state index contributed by atoms with van der Waals surface area (Å²) in [5, 5.41) is 20.0. The van der Waals surface area contributed by atoms with Gasteiger partial charge in [-0.15, -0.1) is 0 Å². The number of benzene rings is 1. The molecule has 23 heavy (non-hydrogen) atoms. The average Bonchev–Trinajstić information content (AvgIpc) is 3.25. The van der Waals surface area contributed by atoms with Gasteiger partial charge in [-0.2, -0.15) is 15.0 Å². The first-order chi connectivity index (χ1) is 11.3. The van der Waals surface area contributed by atoms with Crippen LogP contribution in [0.4, 0.5) is 10.5 Å². The number of anilines is 1. The second kappa shape index (κ2) is 7.23. The van der Waals surface area contributed by atoms with E-state index in [2.05, 4.69) is 15.5 Å². The summed E-state index contributed by atoms with van der Waals surface area (Å²) >= 11 is 0. The fourth-order valence-electron chi connectivity index (χ4n) is 2.45. The third-order valence-electron chi connectivity index (χ3n) is 3.82. The zero-order chi connectivity index (χ0) is 16.1. The summed E-state index contributed by atoms with van der Waals surface area (Å²) in [4.78, 5) is 15.8. The van der Waals surface area contributed by atoms with Crippen molar-refractivity contribution < 1.29 is 9.90 Å². The van der Waals surface area contributed by atoms with E-state index in [0.29, 0.717) is 12.6 Å². The highest BCUT2D eigenvalue weighted by molar-refractivity contribution is 5.89. The maximum Gasteiger partial charge on any atom is 0.322 e. The van der Waals surface area contributed by atoms with E-state index in [0.717, 1.165) is 37.1 Å². The van der Waals surface area contributed by atoms with Gasteiger partial charge < -0.3 is 15.3 Å². The number of aliphatic hydroxyl groups excluding tert-OH is 1. The minimum atomic E-state index is -0.0737. The molecule has 0 atom stereocenters. The Morgan fingerprint density at radius 3 is 2.52 bits per heavy atom. The zero-order valence-corrected chi connectivity index (χ0v) is 12.9. The van der Waals surface area contributed by atoms with Crippen LogP contribution in [-0.4, -0.2) is 50.2 Å². The molecule has 0 radical (unpaired) electrons. The monoisotopic (exact) mass is 315 g/mol. The molecule has 7 nitrogen and oxygen atoms in total. The Kier molecular flexibility index (Phi) is 4.87. The number of carbonyl (C=O) groups is 1. The molecule has 7 heteroatoms. The highest BCUT2D eigenvalue weighted by Gasteiger charge is 2.32. The molecule has 0 spiro atoms. The summed E-state index contributed by atoms with van der Waals surface area (Å²) in [6.45, 7) is 0.857. The van der Waals surface area contributed by atoms with Crippen LogP contribution in [0.15, 0.2) is 36.7 Å². The number of hydrogen-bond donors (Lipinski definition) is 2. The van der Waals surface area contributed by atoms with Crippen molar-refractivity contribution in [2.45, 2.75) is 31.7 Å². The van der Waals surface area contributed by atoms with Gasteiger partial charge in [0.05, 0.1) is 18.1 Å². The third kappa shape index (κ3) is 4.07. The number of aromatic nitrogens is 3. The topological polar surface area (TPSA) is 83.3 Å². The molecule has 1 aliphatic carbocycles. The van der Waals surface area contributed by atoms with Crippen LogP contribution in [0.2, 0.25) is 0 Å². The number of hydrogen-bond acceptors (Lipinski definition) is 4. The number of nitrogens with zero attached hydrogens (tertiary/aromatic N) is 4. The molecule has 1 aromatic heterocycles. The van der Waals surface area contributed by atoms with Gasteiger partial charge in [-0.1, -0.05) is 0 Å². The van der Waals surface area contributed by atoms with E-state index in [-0.39, 0.29) is 12.6 Å². The smallest absolute Gasteiger partial charge is 0.322 e. The van der Waals surface area contributed by atoms with Crippen LogP contribution in [0.25, 0.3) is 5.69 Å². The molecule has 122 valence electrons. The summed E-state index contributed by atoms with van der Waals surface area (Å²) in [7, 11) is 0. The predicted molar refractivity (Wildman–Crippen MR) is 86.4 cm³/mol. The second-order valence-corrected chi connectivity index (χ2v) is 5.65. The van der Waals surface area contributed by atoms with E-state index >= 15 is 0 Å². The van der Waals surface area contributed by atoms with E-state index < -0.39 is 0 Å². The van der Waals surface area contributed by atoms with Crippen molar-refractivity contribution in [3.63, 3.8) is 0 Å². The summed E-state index contributed by atoms with van der Waals surface area (Å²) in [5.74, 6) is 0. The van der Waals surface area contributed by atoms with Crippen molar-refractivity contribution in [2.24, 2.45) is 0 Å². The number of aliphatic hydroxyl groups is 1. The van der Waals surface area contributed by atoms with Gasteiger partial charge >= 0.3 is 6.03 Å². The van der Waals surface area contributed by atoms with Crippen LogP contribution in [0.1, 0.15) is 25.7 Å². The average molecular weight is 315 g/mol. The Balaban J connectivity index is 1.59. The van der Waals surface area contributed by atoms with Crippen molar-refractivity contribution in [1.82, 2.24) is 19.9 Å². The van der Waals surface area contributed by atoms with Gasteiger partial charge in [-0.3, -0.25) is 0 Å². The van der Waals surface area contributed by atoms with Crippen LogP contribution in [0.5, 0.6) is 0 Å². The molecular formula is C16H21N5O2. The van der Waals surface area contributed by atoms with Crippen molar-refractivity contribution in [3.8, 4) is 5.69 Å². The van der Waals surface area contributed by atoms with Crippen molar-refractivity contribution >= 4 is 11.7 Å². The molecular weight excluding hydrogens is 294 g/mol. The fraction of sp³-hybridized carbons (Fsp3) is 0.438. The minimum absolute atomic E-state index is 0.0737. The third-order valence-corrected chi connectivity index (χ3v) is 3.82. The van der Waals surface area contributed by atoms with E-state index in [1.165, 1.54) is 4.80 Å². The van der Waals surface area contributed by atoms with Crippen molar-refractivity contribution in [1.29, 1.82) is 0 Å². The van der Waals surface area contributed by atoms with E-state index in [9.17, 15) is 4.79 Å². The highest BCUT2D eigenvalue weighted by atomic mass is 16.3. The van der Waals surface area contributed by atoms with Crippen LogP contribution in [0, 0.1) is 0 Å². The normalized spacial score (nSPS) is 13.8. The van der Waals surface area contributed by atoms with Crippen LogP contribution < -0.4 is 5.32 Å². The quantitative estimate of drug-likeness (QED) is 0.766. The van der Waals surface area contributed by atoms with Gasteiger partial charge in [0.1, 0.15) is 0 Å². The summed E-state index contributed by atoms with van der Waals surface area (Å²) in [6, 6.07) is 7.69. The van der Waals surface area contributed by atoms with Crippen LogP contribution >= 0.6 is 0 Å². The molecule has 1 aromatic carbocycles. The summed E-state index contributed by atoms with van der Waals surface area (Å²) in [6.07, 6.45) is 6.92. The molecule has 0 unspecified atom stereocenters. The maximum atomic E-state index is 12.4. The van der Waals surface area contributed by atoms with E-state index in [1.807, 2.05) is 29.2 Å². The molecule has 0 bridgehead atoms. The number of unbranched alkanes of at least 4 members (excludes halogenated alkanes) is 1. The Labute approximate surface area is 134 Å². The van der Waals surface area contributed by atoms with Gasteiger partial charge in [0.2, 0.25) is 0 Å². The molecule has 3 rings (SSSR count). The standard InChI is InChI=1S/C16H21N5O2/c22-12-2-1-11-20(14-7-8-14)16(23)19-13-3-5-15(6-4-13)21-17-9-10-18-21/h3-6,9-10,14,22H,1-2,7-8,11-12H2,(H,19,23). The lowest BCUT2D eigenvalue weighted by molar-refractivity contribution is 0.204. The van der Waals surface area contributed by atoms with E-state index in [4.69, 9.17) is 5.11 Å². The molecule has 1 fully saturated rings. The van der Waals surface area contributed by atoms with E-state index in [1.54, 1.807) is 12.4 Å². The molecule has 1 aliphatic rings. The Bertz CT molecular complexity index is 622. The number of rotatable bonds is 7. The Hall–Kier alpha value is -2.41. The summed E-state index contributed by atoms with van der Waals surface area (Å²) < 4.78 is 0. The largest absolute Gasteiger partial charge is 0.396 e. The first-order valence-corrected chi connectivity index (χ1v) is 7.93. The maximum absolute atomic E-state index is 12.4. The van der Waals surface area contributed by atoms with Gasteiger partial charge in [0.25, 0.3) is 0 Å². The van der Waals surface area contributed by atoms with Crippen molar-refractivity contribution in [3.05, 3.63) is 36.7 Å². The SMILES string of the molecule is O=C(Nc1ccc(-n2nccn2)cc1)N(CCCCO)C1CC1. The highest BCUT2D eigenvalue weighted by Crippen LogP contribution is 2.28. The van der Waals surface area contributed by atoms with Gasteiger partial charge in [-0.05, 0) is 49.9 Å².